The summed E-state index contributed by atoms with van der Waals surface area (Å²) in [5.41, 5.74) is 3.40. The summed E-state index contributed by atoms with van der Waals surface area (Å²) in [5, 5.41) is 6.09. The van der Waals surface area contributed by atoms with Gasteiger partial charge in [-0.05, 0) is 55.9 Å². The van der Waals surface area contributed by atoms with E-state index in [1.807, 2.05) is 31.2 Å². The molecule has 0 amide bonds. The van der Waals surface area contributed by atoms with Crippen molar-refractivity contribution in [3.05, 3.63) is 78.4 Å². The van der Waals surface area contributed by atoms with Gasteiger partial charge in [0.25, 0.3) is 5.56 Å². The largest absolute Gasteiger partial charge is 0.495 e. The third-order valence-corrected chi connectivity index (χ3v) is 7.59. The fourth-order valence-corrected chi connectivity index (χ4v) is 6.15. The summed E-state index contributed by atoms with van der Waals surface area (Å²) in [6.07, 6.45) is 5.67. The molecule has 1 aliphatic carbocycles. The fraction of sp³-hybridized carbons (Fsp3) is 0.240. The molecule has 0 radical (unpaired) electrons. The second-order valence-corrected chi connectivity index (χ2v) is 9.94. The number of hydrogen-bond acceptors (Lipinski definition) is 5. The number of fused-ring (bicyclic) bond motifs is 3. The topological polar surface area (TPSA) is 56.5 Å². The number of aromatic nitrogens is 2. The fourth-order valence-electron chi connectivity index (χ4n) is 4.31. The van der Waals surface area contributed by atoms with E-state index < -0.39 is 0 Å². The van der Waals surface area contributed by atoms with Gasteiger partial charge >= 0.3 is 0 Å². The number of ether oxygens (including phenoxy) is 1. The predicted octanol–water partition coefficient (Wildman–Crippen LogP) is 6.51. The maximum Gasteiger partial charge on any atom is 0.283 e. The van der Waals surface area contributed by atoms with E-state index in [9.17, 15) is 4.79 Å². The van der Waals surface area contributed by atoms with Crippen LogP contribution in [-0.4, -0.2) is 23.0 Å². The zero-order chi connectivity index (χ0) is 23.1. The number of rotatable bonds is 4. The normalized spacial score (nSPS) is 13.6. The third kappa shape index (κ3) is 3.97. The number of methoxy groups -OCH3 is 1. The van der Waals surface area contributed by atoms with Crippen LogP contribution in [0.5, 0.6) is 5.75 Å². The Bertz CT molecular complexity index is 1470. The lowest BCUT2D eigenvalue weighted by molar-refractivity contribution is 0.414. The lowest BCUT2D eigenvalue weighted by Gasteiger charge is -2.12. The molecule has 5 nitrogen and oxygen atoms in total. The molecule has 0 saturated heterocycles. The molecule has 2 heterocycles. The van der Waals surface area contributed by atoms with Crippen LogP contribution in [0.2, 0.25) is 10.0 Å². The van der Waals surface area contributed by atoms with Crippen LogP contribution < -0.4 is 10.3 Å². The average molecular weight is 498 g/mol. The Balaban J connectivity index is 1.78. The van der Waals surface area contributed by atoms with Crippen LogP contribution in [0, 0.1) is 6.92 Å². The second-order valence-electron chi connectivity index (χ2n) is 8.01. The van der Waals surface area contributed by atoms with Crippen molar-refractivity contribution in [3.63, 3.8) is 0 Å². The molecular formula is C25H21Cl2N3O2S. The first kappa shape index (κ1) is 22.1. The van der Waals surface area contributed by atoms with Gasteiger partial charge in [-0.3, -0.25) is 4.79 Å². The first-order chi connectivity index (χ1) is 16.0. The van der Waals surface area contributed by atoms with E-state index in [0.29, 0.717) is 32.6 Å². The average Bonchev–Trinajstić information content (AvgIpc) is 3.17. The summed E-state index contributed by atoms with van der Waals surface area (Å²) in [6, 6.07) is 11.2. The van der Waals surface area contributed by atoms with E-state index >= 15 is 0 Å². The number of aryl methyl sites for hydroxylation is 3. The van der Waals surface area contributed by atoms with Crippen molar-refractivity contribution in [3.8, 4) is 17.1 Å². The van der Waals surface area contributed by atoms with Crippen molar-refractivity contribution >= 4 is 51.0 Å². The summed E-state index contributed by atoms with van der Waals surface area (Å²) in [5.74, 6) is 0.949. The van der Waals surface area contributed by atoms with Crippen molar-refractivity contribution in [1.29, 1.82) is 0 Å². The van der Waals surface area contributed by atoms with E-state index in [1.54, 1.807) is 29.7 Å². The van der Waals surface area contributed by atoms with Crippen molar-refractivity contribution < 1.29 is 4.74 Å². The number of thiophene rings is 1. The summed E-state index contributed by atoms with van der Waals surface area (Å²) >= 11 is 14.1. The Morgan fingerprint density at radius 3 is 2.76 bits per heavy atom. The molecule has 5 rings (SSSR count). The van der Waals surface area contributed by atoms with E-state index in [1.165, 1.54) is 16.7 Å². The molecule has 8 heteroatoms. The summed E-state index contributed by atoms with van der Waals surface area (Å²) < 4.78 is 6.82. The zero-order valence-electron chi connectivity index (χ0n) is 18.2. The molecular weight excluding hydrogens is 477 g/mol. The maximum atomic E-state index is 13.8. The van der Waals surface area contributed by atoms with Gasteiger partial charge in [-0.15, -0.1) is 11.3 Å². The molecule has 0 bridgehead atoms. The van der Waals surface area contributed by atoms with Crippen LogP contribution in [0.15, 0.2) is 46.3 Å². The summed E-state index contributed by atoms with van der Waals surface area (Å²) in [6.45, 7) is 2.00. The number of nitrogens with zero attached hydrogens (tertiary/aromatic N) is 3. The van der Waals surface area contributed by atoms with Crippen LogP contribution in [-0.2, 0) is 12.8 Å². The summed E-state index contributed by atoms with van der Waals surface area (Å²) in [7, 11) is 1.53. The highest BCUT2D eigenvalue weighted by Gasteiger charge is 2.23. The number of halogens is 2. The molecule has 0 unspecified atom stereocenters. The standard InChI is InChI=1S/C25H21Cl2N3O2S/c1-14-7-3-4-8-17(14)23-29-24-21(18-9-5-6-10-20(18)33-24)25(31)30(23)28-13-15-11-16(26)12-19(27)22(15)32-2/h3-4,7-8,11-13H,5-6,9-10H2,1-2H3/b28-13+. The highest BCUT2D eigenvalue weighted by molar-refractivity contribution is 7.18. The third-order valence-electron chi connectivity index (χ3n) is 5.91. The van der Waals surface area contributed by atoms with Crippen LogP contribution in [0.4, 0.5) is 0 Å². The van der Waals surface area contributed by atoms with Gasteiger partial charge in [-0.1, -0.05) is 47.5 Å². The van der Waals surface area contributed by atoms with Crippen molar-refractivity contribution in [2.75, 3.05) is 7.11 Å². The van der Waals surface area contributed by atoms with Crippen LogP contribution in [0.1, 0.15) is 34.4 Å². The number of hydrogen-bond donors (Lipinski definition) is 0. The molecule has 0 saturated carbocycles. The van der Waals surface area contributed by atoms with E-state index in [2.05, 4.69) is 5.10 Å². The molecule has 0 N–H and O–H groups in total. The molecule has 0 spiro atoms. The van der Waals surface area contributed by atoms with Crippen LogP contribution in [0.3, 0.4) is 0 Å². The van der Waals surface area contributed by atoms with Gasteiger partial charge in [0, 0.05) is 21.0 Å². The van der Waals surface area contributed by atoms with Gasteiger partial charge in [-0.2, -0.15) is 9.78 Å². The Labute approximate surface area is 205 Å². The predicted molar refractivity (Wildman–Crippen MR) is 137 cm³/mol. The Morgan fingerprint density at radius 2 is 1.97 bits per heavy atom. The van der Waals surface area contributed by atoms with Gasteiger partial charge in [0.05, 0.1) is 23.7 Å². The summed E-state index contributed by atoms with van der Waals surface area (Å²) in [4.78, 5) is 20.8. The minimum absolute atomic E-state index is 0.166. The van der Waals surface area contributed by atoms with Crippen LogP contribution in [0.25, 0.3) is 21.6 Å². The molecule has 1 aliphatic rings. The Hall–Kier alpha value is -2.67. The molecule has 0 fully saturated rings. The molecule has 0 atom stereocenters. The van der Waals surface area contributed by atoms with Crippen molar-refractivity contribution in [2.45, 2.75) is 32.6 Å². The minimum atomic E-state index is -0.166. The monoisotopic (exact) mass is 497 g/mol. The highest BCUT2D eigenvalue weighted by Crippen LogP contribution is 2.35. The molecule has 2 aromatic heterocycles. The van der Waals surface area contributed by atoms with Gasteiger partial charge < -0.3 is 4.74 Å². The quantitative estimate of drug-likeness (QED) is 0.302. The molecule has 33 heavy (non-hydrogen) atoms. The maximum absolute atomic E-state index is 13.8. The van der Waals surface area contributed by atoms with Gasteiger partial charge in [0.2, 0.25) is 0 Å². The SMILES string of the molecule is COc1c(Cl)cc(Cl)cc1/C=N/n1c(-c2ccccc2C)nc2sc3c(c2c1=O)CCCC3. The first-order valence-corrected chi connectivity index (χ1v) is 12.3. The molecule has 0 aliphatic heterocycles. The van der Waals surface area contributed by atoms with Gasteiger partial charge in [-0.25, -0.2) is 4.98 Å². The molecule has 168 valence electrons. The van der Waals surface area contributed by atoms with E-state index in [0.717, 1.165) is 47.2 Å². The smallest absolute Gasteiger partial charge is 0.283 e. The van der Waals surface area contributed by atoms with E-state index in [4.69, 9.17) is 32.9 Å². The molecule has 4 aromatic rings. The lowest BCUT2D eigenvalue weighted by Crippen LogP contribution is -2.21. The first-order valence-electron chi connectivity index (χ1n) is 10.7. The number of benzene rings is 2. The Kier molecular flexibility index (Phi) is 5.99. The van der Waals surface area contributed by atoms with Crippen molar-refractivity contribution in [1.82, 2.24) is 9.66 Å². The highest BCUT2D eigenvalue weighted by atomic mass is 35.5. The zero-order valence-corrected chi connectivity index (χ0v) is 20.5. The van der Waals surface area contributed by atoms with E-state index in [-0.39, 0.29) is 5.56 Å². The minimum Gasteiger partial charge on any atom is -0.495 e. The lowest BCUT2D eigenvalue weighted by atomic mass is 9.97. The Morgan fingerprint density at radius 1 is 1.18 bits per heavy atom. The van der Waals surface area contributed by atoms with Gasteiger partial charge in [0.15, 0.2) is 5.82 Å². The van der Waals surface area contributed by atoms with Crippen molar-refractivity contribution in [2.24, 2.45) is 5.10 Å². The van der Waals surface area contributed by atoms with Crippen LogP contribution >= 0.6 is 34.5 Å². The second kappa shape index (κ2) is 8.93. The molecule has 2 aromatic carbocycles. The van der Waals surface area contributed by atoms with Gasteiger partial charge in [0.1, 0.15) is 10.6 Å².